The molecule has 0 saturated carbocycles. The topological polar surface area (TPSA) is 90.1 Å². The maximum atomic E-state index is 10.8. The van der Waals surface area contributed by atoms with Gasteiger partial charge in [0.25, 0.3) is 0 Å². The Labute approximate surface area is 97.1 Å². The largest absolute Gasteiger partial charge is 0.490 e. The highest BCUT2D eigenvalue weighted by Gasteiger charge is 2.08. The number of nitrogens with zero attached hydrogens (tertiary/aromatic N) is 2. The minimum Gasteiger partial charge on any atom is -0.490 e. The monoisotopic (exact) mass is 244 g/mol. The average Bonchev–Trinajstić information content (AvgIpc) is 2.24. The smallest absolute Gasteiger partial charge is 0.203 e. The summed E-state index contributed by atoms with van der Waals surface area (Å²) in [4.78, 5) is 7.84. The Morgan fingerprint density at radius 3 is 2.94 bits per heavy atom. The van der Waals surface area contributed by atoms with E-state index in [1.165, 1.54) is 13.4 Å². The molecule has 0 saturated heterocycles. The first-order valence-electron chi connectivity index (χ1n) is 4.83. The number of hydrogen-bond acceptors (Lipinski definition) is 6. The first kappa shape index (κ1) is 12.7. The van der Waals surface area contributed by atoms with Crippen LogP contribution in [0.2, 0.25) is 0 Å². The third-order valence-electron chi connectivity index (χ3n) is 1.94. The number of nitrogens with two attached hydrogens (primary N) is 1. The van der Waals surface area contributed by atoms with Crippen LogP contribution in [0.5, 0.6) is 5.75 Å². The zero-order valence-corrected chi connectivity index (χ0v) is 10.2. The van der Waals surface area contributed by atoms with Gasteiger partial charge in [-0.1, -0.05) is 0 Å². The normalized spacial score (nSPS) is 12.1. The zero-order chi connectivity index (χ0) is 12.0. The van der Waals surface area contributed by atoms with Crippen LogP contribution in [-0.4, -0.2) is 39.8 Å². The van der Waals surface area contributed by atoms with Crippen LogP contribution in [0.1, 0.15) is 6.42 Å². The third-order valence-corrected chi connectivity index (χ3v) is 2.80. The van der Waals surface area contributed by atoms with Crippen LogP contribution in [-0.2, 0) is 10.8 Å². The molecule has 1 unspecified atom stereocenters. The fourth-order valence-electron chi connectivity index (χ4n) is 1.20. The molecular weight excluding hydrogens is 228 g/mol. The molecule has 0 radical (unpaired) electrons. The Balaban J connectivity index is 2.53. The number of nitrogen functional groups attached to an aromatic ring is 1. The maximum Gasteiger partial charge on any atom is 0.203 e. The van der Waals surface area contributed by atoms with Gasteiger partial charge in [0.1, 0.15) is 6.33 Å². The van der Waals surface area contributed by atoms with Crippen molar-refractivity contribution in [2.45, 2.75) is 6.42 Å². The van der Waals surface area contributed by atoms with Gasteiger partial charge < -0.3 is 15.8 Å². The van der Waals surface area contributed by atoms with E-state index in [2.05, 4.69) is 15.3 Å². The van der Waals surface area contributed by atoms with Gasteiger partial charge >= 0.3 is 0 Å². The maximum absolute atomic E-state index is 10.8. The van der Waals surface area contributed by atoms with Crippen molar-refractivity contribution in [1.82, 2.24) is 9.97 Å². The Hall–Kier alpha value is -1.37. The lowest BCUT2D eigenvalue weighted by Crippen LogP contribution is -2.09. The fraction of sp³-hybridized carbons (Fsp3) is 0.556. The molecule has 0 spiro atoms. The molecule has 1 heterocycles. The summed E-state index contributed by atoms with van der Waals surface area (Å²) >= 11 is 0. The number of anilines is 2. The van der Waals surface area contributed by atoms with Crippen molar-refractivity contribution >= 4 is 22.4 Å². The molecular formula is C9H16N4O2S. The van der Waals surface area contributed by atoms with Crippen LogP contribution in [0.15, 0.2) is 6.33 Å². The summed E-state index contributed by atoms with van der Waals surface area (Å²) in [6.07, 6.45) is 3.86. The van der Waals surface area contributed by atoms with Crippen molar-refractivity contribution in [3.8, 4) is 5.75 Å². The van der Waals surface area contributed by atoms with E-state index in [9.17, 15) is 4.21 Å². The van der Waals surface area contributed by atoms with Crippen LogP contribution >= 0.6 is 0 Å². The SMILES string of the molecule is COc1c(N)ncnc1NCCCS(C)=O. The zero-order valence-electron chi connectivity index (χ0n) is 9.40. The van der Waals surface area contributed by atoms with Crippen LogP contribution < -0.4 is 15.8 Å². The summed E-state index contributed by atoms with van der Waals surface area (Å²) in [6, 6.07) is 0. The highest BCUT2D eigenvalue weighted by Crippen LogP contribution is 2.25. The van der Waals surface area contributed by atoms with E-state index in [4.69, 9.17) is 10.5 Å². The van der Waals surface area contributed by atoms with Crippen molar-refractivity contribution in [3.05, 3.63) is 6.33 Å². The number of hydrogen-bond donors (Lipinski definition) is 2. The van der Waals surface area contributed by atoms with E-state index in [0.717, 1.165) is 6.42 Å². The summed E-state index contributed by atoms with van der Waals surface area (Å²) < 4.78 is 15.9. The first-order chi connectivity index (χ1) is 7.65. The Bertz CT molecular complexity index is 373. The molecule has 90 valence electrons. The molecule has 0 aliphatic heterocycles. The molecule has 0 aliphatic carbocycles. The van der Waals surface area contributed by atoms with E-state index < -0.39 is 10.8 Å². The molecule has 7 heteroatoms. The molecule has 0 amide bonds. The van der Waals surface area contributed by atoms with Gasteiger partial charge in [-0.15, -0.1) is 0 Å². The van der Waals surface area contributed by atoms with Crippen molar-refractivity contribution in [2.24, 2.45) is 0 Å². The predicted molar refractivity (Wildman–Crippen MR) is 65.0 cm³/mol. The quantitative estimate of drug-likeness (QED) is 0.697. The molecule has 1 aromatic heterocycles. The lowest BCUT2D eigenvalue weighted by molar-refractivity contribution is 0.415. The number of aromatic nitrogens is 2. The van der Waals surface area contributed by atoms with Crippen molar-refractivity contribution in [1.29, 1.82) is 0 Å². The minimum absolute atomic E-state index is 0.305. The average molecular weight is 244 g/mol. The highest BCUT2D eigenvalue weighted by atomic mass is 32.2. The minimum atomic E-state index is -0.764. The first-order valence-corrected chi connectivity index (χ1v) is 6.56. The van der Waals surface area contributed by atoms with E-state index in [0.29, 0.717) is 29.7 Å². The lowest BCUT2D eigenvalue weighted by atomic mass is 10.4. The summed E-state index contributed by atoms with van der Waals surface area (Å²) in [5.41, 5.74) is 5.62. The molecule has 0 aliphatic rings. The van der Waals surface area contributed by atoms with Crippen LogP contribution in [0.4, 0.5) is 11.6 Å². The van der Waals surface area contributed by atoms with Gasteiger partial charge in [0.05, 0.1) is 7.11 Å². The van der Waals surface area contributed by atoms with Crippen LogP contribution in [0, 0.1) is 0 Å². The number of rotatable bonds is 6. The van der Waals surface area contributed by atoms with Gasteiger partial charge in [0, 0.05) is 29.4 Å². The second-order valence-corrected chi connectivity index (χ2v) is 4.75. The number of nitrogens with one attached hydrogen (secondary N) is 1. The molecule has 1 atom stereocenters. The molecule has 3 N–H and O–H groups in total. The Morgan fingerprint density at radius 1 is 1.56 bits per heavy atom. The predicted octanol–water partition coefficient (Wildman–Crippen LogP) is 0.248. The van der Waals surface area contributed by atoms with Gasteiger partial charge in [-0.3, -0.25) is 4.21 Å². The van der Waals surface area contributed by atoms with Gasteiger partial charge in [-0.05, 0) is 6.42 Å². The van der Waals surface area contributed by atoms with Crippen molar-refractivity contribution < 1.29 is 8.95 Å². The van der Waals surface area contributed by atoms with E-state index in [-0.39, 0.29) is 0 Å². The molecule has 0 fully saturated rings. The number of ether oxygens (including phenoxy) is 1. The second kappa shape index (κ2) is 6.26. The summed E-state index contributed by atoms with van der Waals surface area (Å²) in [6.45, 7) is 0.673. The fourth-order valence-corrected chi connectivity index (χ4v) is 1.75. The molecule has 6 nitrogen and oxygen atoms in total. The molecule has 0 bridgehead atoms. The highest BCUT2D eigenvalue weighted by molar-refractivity contribution is 7.84. The molecule has 0 aromatic carbocycles. The third kappa shape index (κ3) is 3.65. The van der Waals surface area contributed by atoms with E-state index in [1.54, 1.807) is 6.26 Å². The molecule has 16 heavy (non-hydrogen) atoms. The van der Waals surface area contributed by atoms with E-state index >= 15 is 0 Å². The summed E-state index contributed by atoms with van der Waals surface area (Å²) in [5, 5.41) is 3.07. The second-order valence-electron chi connectivity index (χ2n) is 3.20. The van der Waals surface area contributed by atoms with Gasteiger partial charge in [-0.2, -0.15) is 0 Å². The van der Waals surface area contributed by atoms with Crippen LogP contribution in [0.25, 0.3) is 0 Å². The van der Waals surface area contributed by atoms with Gasteiger partial charge in [0.2, 0.25) is 5.75 Å². The van der Waals surface area contributed by atoms with Crippen molar-refractivity contribution in [2.75, 3.05) is 36.7 Å². The summed E-state index contributed by atoms with van der Waals surface area (Å²) in [5.74, 6) is 1.98. The Kier molecular flexibility index (Phi) is 4.97. The van der Waals surface area contributed by atoms with Gasteiger partial charge in [-0.25, -0.2) is 9.97 Å². The van der Waals surface area contributed by atoms with Crippen molar-refractivity contribution in [3.63, 3.8) is 0 Å². The summed E-state index contributed by atoms with van der Waals surface area (Å²) in [7, 11) is 0.752. The number of methoxy groups -OCH3 is 1. The van der Waals surface area contributed by atoms with Crippen LogP contribution in [0.3, 0.4) is 0 Å². The standard InChI is InChI=1S/C9H16N4O2S/c1-15-7-8(10)12-6-13-9(7)11-4-3-5-16(2)14/h6H,3-5H2,1-2H3,(H3,10,11,12,13). The van der Waals surface area contributed by atoms with Gasteiger partial charge in [0.15, 0.2) is 11.6 Å². The lowest BCUT2D eigenvalue weighted by Gasteiger charge is -2.10. The molecule has 1 aromatic rings. The van der Waals surface area contributed by atoms with E-state index in [1.807, 2.05) is 0 Å². The Morgan fingerprint density at radius 2 is 2.31 bits per heavy atom. The molecule has 1 rings (SSSR count).